The van der Waals surface area contributed by atoms with Crippen LogP contribution in [0, 0.1) is 5.41 Å². The van der Waals surface area contributed by atoms with E-state index >= 15 is 0 Å². The molecule has 0 aromatic carbocycles. The maximum atomic E-state index is 11.1. The Bertz CT molecular complexity index is 127. The summed E-state index contributed by atoms with van der Waals surface area (Å²) in [6, 6.07) is 1.21. The lowest BCUT2D eigenvalue weighted by Crippen LogP contribution is -2.23. The second kappa shape index (κ2) is 4.54. The lowest BCUT2D eigenvalue weighted by atomic mass is 9.97. The third kappa shape index (κ3) is 5.01. The van der Waals surface area contributed by atoms with Crippen molar-refractivity contribution in [2.75, 3.05) is 6.61 Å². The molecular formula is C8H18O2Si. The highest BCUT2D eigenvalue weighted by atomic mass is 28.1. The Labute approximate surface area is 71.7 Å². The average Bonchev–Trinajstić information content (AvgIpc) is 1.86. The Kier molecular flexibility index (Phi) is 4.41. The molecule has 0 aromatic rings. The van der Waals surface area contributed by atoms with E-state index in [1.807, 2.05) is 20.8 Å². The van der Waals surface area contributed by atoms with Crippen LogP contribution in [-0.2, 0) is 9.53 Å². The molecule has 11 heavy (non-hydrogen) atoms. The Balaban J connectivity index is 3.54. The molecule has 0 rings (SSSR count). The number of carbonyl (C=O) groups excluding carboxylic acids is 1. The van der Waals surface area contributed by atoms with Gasteiger partial charge in [0.2, 0.25) is 0 Å². The number of ether oxygens (including phenoxy) is 1. The zero-order chi connectivity index (χ0) is 8.91. The molecule has 0 saturated carbocycles. The zero-order valence-electron chi connectivity index (χ0n) is 7.94. The summed E-state index contributed by atoms with van der Waals surface area (Å²) >= 11 is 0. The van der Waals surface area contributed by atoms with Crippen molar-refractivity contribution in [1.82, 2.24) is 0 Å². The molecule has 0 aliphatic heterocycles. The van der Waals surface area contributed by atoms with Crippen molar-refractivity contribution < 1.29 is 9.53 Å². The van der Waals surface area contributed by atoms with Gasteiger partial charge < -0.3 is 4.74 Å². The summed E-state index contributed by atoms with van der Waals surface area (Å²) in [6.45, 7) is 6.21. The minimum absolute atomic E-state index is 0.0902. The van der Waals surface area contributed by atoms with E-state index in [-0.39, 0.29) is 11.4 Å². The van der Waals surface area contributed by atoms with Gasteiger partial charge in [0.05, 0.1) is 12.0 Å². The SMILES string of the molecule is CC(C)(C)C(=O)OCCC[SiH3]. The van der Waals surface area contributed by atoms with E-state index in [4.69, 9.17) is 4.74 Å². The van der Waals surface area contributed by atoms with Gasteiger partial charge in [-0.3, -0.25) is 4.79 Å². The van der Waals surface area contributed by atoms with Gasteiger partial charge in [0.25, 0.3) is 0 Å². The fourth-order valence-corrected chi connectivity index (χ4v) is 0.814. The minimum atomic E-state index is -0.342. The van der Waals surface area contributed by atoms with Gasteiger partial charge in [-0.15, -0.1) is 0 Å². The summed E-state index contributed by atoms with van der Waals surface area (Å²) < 4.78 is 5.03. The van der Waals surface area contributed by atoms with E-state index in [1.165, 1.54) is 16.3 Å². The average molecular weight is 174 g/mol. The molecule has 0 atom stereocenters. The van der Waals surface area contributed by atoms with Crippen molar-refractivity contribution in [2.45, 2.75) is 33.2 Å². The molecule has 0 N–H and O–H groups in total. The predicted molar refractivity (Wildman–Crippen MR) is 49.8 cm³/mol. The molecule has 3 heteroatoms. The summed E-state index contributed by atoms with van der Waals surface area (Å²) in [4.78, 5) is 11.1. The van der Waals surface area contributed by atoms with E-state index < -0.39 is 0 Å². The quantitative estimate of drug-likeness (QED) is 0.358. The highest BCUT2D eigenvalue weighted by Crippen LogP contribution is 2.14. The van der Waals surface area contributed by atoms with Crippen LogP contribution >= 0.6 is 0 Å². The molecule has 2 nitrogen and oxygen atoms in total. The van der Waals surface area contributed by atoms with E-state index in [0.717, 1.165) is 6.42 Å². The lowest BCUT2D eigenvalue weighted by Gasteiger charge is -2.16. The van der Waals surface area contributed by atoms with E-state index in [2.05, 4.69) is 0 Å². The predicted octanol–water partition coefficient (Wildman–Crippen LogP) is 0.749. The van der Waals surface area contributed by atoms with Gasteiger partial charge >= 0.3 is 5.97 Å². The molecule has 0 aromatic heterocycles. The minimum Gasteiger partial charge on any atom is -0.465 e. The van der Waals surface area contributed by atoms with Crippen molar-refractivity contribution in [3.8, 4) is 0 Å². The Morgan fingerprint density at radius 3 is 2.36 bits per heavy atom. The van der Waals surface area contributed by atoms with Crippen molar-refractivity contribution >= 4 is 16.2 Å². The molecule has 0 spiro atoms. The van der Waals surface area contributed by atoms with Crippen LogP contribution in [0.4, 0.5) is 0 Å². The fraction of sp³-hybridized carbons (Fsp3) is 0.875. The first kappa shape index (κ1) is 10.7. The van der Waals surface area contributed by atoms with Gasteiger partial charge in [-0.05, 0) is 27.2 Å². The van der Waals surface area contributed by atoms with Crippen molar-refractivity contribution in [3.63, 3.8) is 0 Å². The normalized spacial score (nSPS) is 11.5. The Hall–Kier alpha value is -0.313. The van der Waals surface area contributed by atoms with E-state index in [9.17, 15) is 4.79 Å². The number of esters is 1. The topological polar surface area (TPSA) is 26.3 Å². The second-order valence-electron chi connectivity index (χ2n) is 3.74. The number of rotatable bonds is 3. The van der Waals surface area contributed by atoms with Crippen molar-refractivity contribution in [2.24, 2.45) is 5.41 Å². The van der Waals surface area contributed by atoms with E-state index in [1.54, 1.807) is 0 Å². The highest BCUT2D eigenvalue weighted by molar-refractivity contribution is 6.08. The van der Waals surface area contributed by atoms with Gasteiger partial charge in [0, 0.05) is 10.2 Å². The fourth-order valence-electron chi connectivity index (χ4n) is 0.526. The highest BCUT2D eigenvalue weighted by Gasteiger charge is 2.22. The van der Waals surface area contributed by atoms with Gasteiger partial charge in [-0.2, -0.15) is 0 Å². The third-order valence-corrected chi connectivity index (χ3v) is 2.05. The number of hydrogen-bond donors (Lipinski definition) is 0. The molecule has 0 amide bonds. The monoisotopic (exact) mass is 174 g/mol. The van der Waals surface area contributed by atoms with Gasteiger partial charge in [0.1, 0.15) is 0 Å². The molecule has 0 heterocycles. The third-order valence-electron chi connectivity index (χ3n) is 1.34. The summed E-state index contributed by atoms with van der Waals surface area (Å²) in [5.41, 5.74) is -0.342. The van der Waals surface area contributed by atoms with Crippen molar-refractivity contribution in [1.29, 1.82) is 0 Å². The maximum absolute atomic E-state index is 11.1. The summed E-state index contributed by atoms with van der Waals surface area (Å²) in [5.74, 6) is -0.0902. The van der Waals surface area contributed by atoms with Crippen LogP contribution in [0.3, 0.4) is 0 Å². The van der Waals surface area contributed by atoms with Crippen LogP contribution in [0.25, 0.3) is 0 Å². The molecule has 0 radical (unpaired) electrons. The second-order valence-corrected chi connectivity index (χ2v) is 4.74. The van der Waals surface area contributed by atoms with Gasteiger partial charge in [0.15, 0.2) is 0 Å². The van der Waals surface area contributed by atoms with Gasteiger partial charge in [-0.1, -0.05) is 6.04 Å². The largest absolute Gasteiger partial charge is 0.465 e. The molecule has 0 fully saturated rings. The maximum Gasteiger partial charge on any atom is 0.311 e. The molecule has 0 aliphatic rings. The lowest BCUT2D eigenvalue weighted by molar-refractivity contribution is -0.152. The summed E-state index contributed by atoms with van der Waals surface area (Å²) in [7, 11) is 1.20. The summed E-state index contributed by atoms with van der Waals surface area (Å²) in [5, 5.41) is 0. The number of carbonyl (C=O) groups is 1. The first-order valence-electron chi connectivity index (χ1n) is 4.15. The standard InChI is InChI=1S/C8H18O2Si/c1-8(2,3)7(9)10-5-4-6-11/h4-6H2,1-3,11H3. The first-order chi connectivity index (χ1) is 4.98. The van der Waals surface area contributed by atoms with Crippen LogP contribution < -0.4 is 0 Å². The van der Waals surface area contributed by atoms with Crippen LogP contribution in [0.15, 0.2) is 0 Å². The molecule has 66 valence electrons. The molecule has 0 bridgehead atoms. The van der Waals surface area contributed by atoms with Crippen LogP contribution in [0.2, 0.25) is 6.04 Å². The van der Waals surface area contributed by atoms with Gasteiger partial charge in [-0.25, -0.2) is 0 Å². The molecule has 0 saturated heterocycles. The summed E-state index contributed by atoms with van der Waals surface area (Å²) in [6.07, 6.45) is 1.02. The molecule has 0 aliphatic carbocycles. The van der Waals surface area contributed by atoms with Crippen LogP contribution in [0.5, 0.6) is 0 Å². The van der Waals surface area contributed by atoms with Crippen molar-refractivity contribution in [3.05, 3.63) is 0 Å². The Morgan fingerprint density at radius 2 is 2.00 bits per heavy atom. The van der Waals surface area contributed by atoms with Crippen LogP contribution in [0.1, 0.15) is 27.2 Å². The molecular weight excluding hydrogens is 156 g/mol. The smallest absolute Gasteiger partial charge is 0.311 e. The van der Waals surface area contributed by atoms with E-state index in [0.29, 0.717) is 6.61 Å². The Morgan fingerprint density at radius 1 is 1.45 bits per heavy atom. The number of hydrogen-bond acceptors (Lipinski definition) is 2. The molecule has 0 unspecified atom stereocenters. The van der Waals surface area contributed by atoms with Crippen LogP contribution in [-0.4, -0.2) is 22.8 Å². The first-order valence-corrected chi connectivity index (χ1v) is 5.57. The zero-order valence-corrected chi connectivity index (χ0v) is 9.94.